The summed E-state index contributed by atoms with van der Waals surface area (Å²) in [5.74, 6) is 0. The lowest BCUT2D eigenvalue weighted by Gasteiger charge is -2.34. The summed E-state index contributed by atoms with van der Waals surface area (Å²) in [6, 6.07) is 24.6. The van der Waals surface area contributed by atoms with Crippen molar-refractivity contribution in [2.75, 3.05) is 0 Å². The maximum absolute atomic E-state index is 4.65. The first kappa shape index (κ1) is 19.9. The van der Waals surface area contributed by atoms with Crippen LogP contribution < -0.4 is 0 Å². The summed E-state index contributed by atoms with van der Waals surface area (Å²) in [6.45, 7) is 0. The minimum Gasteiger partial charge on any atom is -0.261 e. The molecule has 4 nitrogen and oxygen atoms in total. The minimum atomic E-state index is -0.0609. The third-order valence-corrected chi connectivity index (χ3v) is 5.48. The molecule has 4 aromatic heterocycles. The Morgan fingerprint density at radius 3 is 1.17 bits per heavy atom. The number of pyridine rings is 4. The number of hydrogen-bond donors (Lipinski definition) is 0. The van der Waals surface area contributed by atoms with E-state index in [1.165, 1.54) is 0 Å². The van der Waals surface area contributed by atoms with Gasteiger partial charge in [0.05, 0.1) is 0 Å². The highest BCUT2D eigenvalue weighted by Gasteiger charge is 2.32. The number of rotatable bonds is 9. The molecule has 4 heteroatoms. The predicted octanol–water partition coefficient (Wildman–Crippen LogP) is 4.91. The van der Waals surface area contributed by atoms with E-state index in [1.54, 1.807) is 0 Å². The molecule has 4 rings (SSSR count). The summed E-state index contributed by atoms with van der Waals surface area (Å²) in [7, 11) is 0. The Balaban J connectivity index is 1.69. The molecule has 0 unspecified atom stereocenters. The molecule has 0 spiro atoms. The standard InChI is InChI=1S/C26H26N4/c1-5-15-27-22(9-1)13-14-26(19-23-10-2-6-16-28-23,20-24-11-3-7-17-29-24)21-25-12-4-8-18-30-25/h1-12,15-18H,13-14,19-21H2. The molecule has 0 amide bonds. The van der Waals surface area contributed by atoms with E-state index in [-0.39, 0.29) is 5.41 Å². The van der Waals surface area contributed by atoms with E-state index in [1.807, 2.05) is 49.1 Å². The molecular weight excluding hydrogens is 368 g/mol. The molecule has 0 saturated heterocycles. The van der Waals surface area contributed by atoms with Crippen molar-refractivity contribution >= 4 is 0 Å². The van der Waals surface area contributed by atoms with E-state index in [2.05, 4.69) is 68.5 Å². The zero-order chi connectivity index (χ0) is 20.5. The minimum absolute atomic E-state index is 0.0609. The van der Waals surface area contributed by atoms with Crippen molar-refractivity contribution in [1.82, 2.24) is 19.9 Å². The first-order valence-electron chi connectivity index (χ1n) is 10.4. The Hall–Kier alpha value is -3.40. The van der Waals surface area contributed by atoms with Gasteiger partial charge in [-0.1, -0.05) is 24.3 Å². The smallest absolute Gasteiger partial charge is 0.0409 e. The van der Waals surface area contributed by atoms with Crippen LogP contribution in [-0.2, 0) is 25.7 Å². The number of nitrogens with zero attached hydrogens (tertiary/aromatic N) is 4. The van der Waals surface area contributed by atoms with Gasteiger partial charge in [0.25, 0.3) is 0 Å². The summed E-state index contributed by atoms with van der Waals surface area (Å²) < 4.78 is 0. The molecule has 0 aromatic carbocycles. The lowest BCUT2D eigenvalue weighted by Crippen LogP contribution is -2.31. The number of aryl methyl sites for hydroxylation is 1. The monoisotopic (exact) mass is 394 g/mol. The van der Waals surface area contributed by atoms with Crippen molar-refractivity contribution in [3.8, 4) is 0 Å². The van der Waals surface area contributed by atoms with Crippen LogP contribution in [0.5, 0.6) is 0 Å². The number of hydrogen-bond acceptors (Lipinski definition) is 4. The highest BCUT2D eigenvalue weighted by molar-refractivity contribution is 5.16. The van der Waals surface area contributed by atoms with Crippen molar-refractivity contribution in [2.45, 2.75) is 32.1 Å². The average Bonchev–Trinajstić information content (AvgIpc) is 2.80. The Labute approximate surface area is 178 Å². The Kier molecular flexibility index (Phi) is 6.55. The molecule has 0 fully saturated rings. The second kappa shape index (κ2) is 9.88. The normalized spacial score (nSPS) is 11.3. The van der Waals surface area contributed by atoms with Gasteiger partial charge in [0.15, 0.2) is 0 Å². The molecule has 0 aliphatic heterocycles. The summed E-state index contributed by atoms with van der Waals surface area (Å²) in [4.78, 5) is 18.5. The van der Waals surface area contributed by atoms with Crippen LogP contribution >= 0.6 is 0 Å². The second-order valence-corrected chi connectivity index (χ2v) is 7.81. The fraction of sp³-hybridized carbons (Fsp3) is 0.231. The molecule has 0 N–H and O–H groups in total. The summed E-state index contributed by atoms with van der Waals surface area (Å²) >= 11 is 0. The molecule has 150 valence electrons. The van der Waals surface area contributed by atoms with Gasteiger partial charge in [-0.25, -0.2) is 0 Å². The van der Waals surface area contributed by atoms with Gasteiger partial charge < -0.3 is 0 Å². The van der Waals surface area contributed by atoms with Crippen molar-refractivity contribution in [2.24, 2.45) is 5.41 Å². The molecule has 0 saturated carbocycles. The maximum Gasteiger partial charge on any atom is 0.0409 e. The van der Waals surface area contributed by atoms with Gasteiger partial charge in [-0.2, -0.15) is 0 Å². The molecular formula is C26H26N4. The Morgan fingerprint density at radius 2 is 0.833 bits per heavy atom. The largest absolute Gasteiger partial charge is 0.261 e. The maximum atomic E-state index is 4.65. The Morgan fingerprint density at radius 1 is 0.467 bits per heavy atom. The van der Waals surface area contributed by atoms with Crippen LogP contribution in [0.15, 0.2) is 97.6 Å². The zero-order valence-corrected chi connectivity index (χ0v) is 17.1. The summed E-state index contributed by atoms with van der Waals surface area (Å²) in [5, 5.41) is 0. The van der Waals surface area contributed by atoms with Gasteiger partial charge in [-0.05, 0) is 86.1 Å². The van der Waals surface area contributed by atoms with Gasteiger partial charge in [0, 0.05) is 47.6 Å². The highest BCUT2D eigenvalue weighted by atomic mass is 14.7. The van der Waals surface area contributed by atoms with Crippen LogP contribution in [0.1, 0.15) is 29.2 Å². The van der Waals surface area contributed by atoms with Crippen LogP contribution in [0.4, 0.5) is 0 Å². The first-order chi connectivity index (χ1) is 14.8. The molecule has 4 heterocycles. The third kappa shape index (κ3) is 5.57. The van der Waals surface area contributed by atoms with Crippen LogP contribution in [0.25, 0.3) is 0 Å². The van der Waals surface area contributed by atoms with Crippen molar-refractivity contribution < 1.29 is 0 Å². The van der Waals surface area contributed by atoms with E-state index >= 15 is 0 Å². The van der Waals surface area contributed by atoms with E-state index in [0.29, 0.717) is 0 Å². The van der Waals surface area contributed by atoms with Crippen LogP contribution in [-0.4, -0.2) is 19.9 Å². The molecule has 0 aliphatic carbocycles. The first-order valence-corrected chi connectivity index (χ1v) is 10.4. The van der Waals surface area contributed by atoms with Crippen LogP contribution in [0.3, 0.4) is 0 Å². The van der Waals surface area contributed by atoms with Crippen molar-refractivity contribution in [3.05, 3.63) is 120 Å². The van der Waals surface area contributed by atoms with Crippen molar-refractivity contribution in [3.63, 3.8) is 0 Å². The highest BCUT2D eigenvalue weighted by Crippen LogP contribution is 2.35. The molecule has 0 aliphatic rings. The van der Waals surface area contributed by atoms with Crippen LogP contribution in [0.2, 0.25) is 0 Å². The van der Waals surface area contributed by atoms with Gasteiger partial charge in [0.2, 0.25) is 0 Å². The lowest BCUT2D eigenvalue weighted by molar-refractivity contribution is 0.246. The fourth-order valence-electron chi connectivity index (χ4n) is 4.05. The lowest BCUT2D eigenvalue weighted by atomic mass is 9.71. The SMILES string of the molecule is c1ccc(CCC(Cc2ccccn2)(Cc2ccccn2)Cc2ccccn2)nc1. The fourth-order valence-corrected chi connectivity index (χ4v) is 4.05. The predicted molar refractivity (Wildman–Crippen MR) is 119 cm³/mol. The van der Waals surface area contributed by atoms with Gasteiger partial charge in [-0.3, -0.25) is 19.9 Å². The van der Waals surface area contributed by atoms with Crippen molar-refractivity contribution in [1.29, 1.82) is 0 Å². The van der Waals surface area contributed by atoms with E-state index in [4.69, 9.17) is 0 Å². The van der Waals surface area contributed by atoms with E-state index in [9.17, 15) is 0 Å². The van der Waals surface area contributed by atoms with Gasteiger partial charge >= 0.3 is 0 Å². The molecule has 0 atom stereocenters. The number of aromatic nitrogens is 4. The second-order valence-electron chi connectivity index (χ2n) is 7.81. The summed E-state index contributed by atoms with van der Waals surface area (Å²) in [5.41, 5.74) is 4.36. The van der Waals surface area contributed by atoms with Gasteiger partial charge in [0.1, 0.15) is 0 Å². The quantitative estimate of drug-likeness (QED) is 0.405. The zero-order valence-electron chi connectivity index (χ0n) is 17.1. The molecule has 0 radical (unpaired) electrons. The molecule has 30 heavy (non-hydrogen) atoms. The topological polar surface area (TPSA) is 51.6 Å². The Bertz CT molecular complexity index is 904. The van der Waals surface area contributed by atoms with Crippen LogP contribution in [0, 0.1) is 5.41 Å². The van der Waals surface area contributed by atoms with Gasteiger partial charge in [-0.15, -0.1) is 0 Å². The van der Waals surface area contributed by atoms with E-state index < -0.39 is 0 Å². The summed E-state index contributed by atoms with van der Waals surface area (Å²) in [6.07, 6.45) is 12.0. The third-order valence-electron chi connectivity index (χ3n) is 5.48. The van der Waals surface area contributed by atoms with E-state index in [0.717, 1.165) is 54.9 Å². The average molecular weight is 395 g/mol. The molecule has 0 bridgehead atoms. The molecule has 4 aromatic rings.